The lowest BCUT2D eigenvalue weighted by molar-refractivity contribution is 0.237. The summed E-state index contributed by atoms with van der Waals surface area (Å²) in [5, 5.41) is 12.5. The van der Waals surface area contributed by atoms with E-state index in [9.17, 15) is 5.11 Å². The SMILES string of the molecule is C#CCOc1c(CNC(CC)CO)cccc1OCC. The molecule has 0 bridgehead atoms. The van der Waals surface area contributed by atoms with Gasteiger partial charge in [-0.2, -0.15) is 0 Å². The van der Waals surface area contributed by atoms with Crippen LogP contribution in [0, 0.1) is 12.3 Å². The van der Waals surface area contributed by atoms with Crippen LogP contribution < -0.4 is 14.8 Å². The third-order valence-corrected chi connectivity index (χ3v) is 2.95. The topological polar surface area (TPSA) is 50.7 Å². The second-order valence-corrected chi connectivity index (χ2v) is 4.34. The summed E-state index contributed by atoms with van der Waals surface area (Å²) in [6.45, 7) is 5.43. The van der Waals surface area contributed by atoms with Crippen molar-refractivity contribution in [1.82, 2.24) is 5.32 Å². The number of hydrogen-bond acceptors (Lipinski definition) is 4. The average molecular weight is 277 g/mol. The van der Waals surface area contributed by atoms with E-state index in [4.69, 9.17) is 15.9 Å². The molecule has 2 N–H and O–H groups in total. The summed E-state index contributed by atoms with van der Waals surface area (Å²) in [6, 6.07) is 5.82. The van der Waals surface area contributed by atoms with Gasteiger partial charge in [0.1, 0.15) is 6.61 Å². The summed E-state index contributed by atoms with van der Waals surface area (Å²) in [5.41, 5.74) is 0.970. The van der Waals surface area contributed by atoms with E-state index in [-0.39, 0.29) is 19.3 Å². The highest BCUT2D eigenvalue weighted by Crippen LogP contribution is 2.31. The Morgan fingerprint density at radius 1 is 1.35 bits per heavy atom. The minimum Gasteiger partial charge on any atom is -0.490 e. The Hall–Kier alpha value is -1.70. The summed E-state index contributed by atoms with van der Waals surface area (Å²) in [6.07, 6.45) is 6.11. The molecule has 1 aromatic rings. The van der Waals surface area contributed by atoms with Crippen molar-refractivity contribution < 1.29 is 14.6 Å². The molecule has 0 radical (unpaired) electrons. The molecule has 0 aliphatic heterocycles. The molecule has 0 amide bonds. The Morgan fingerprint density at radius 2 is 2.15 bits per heavy atom. The second-order valence-electron chi connectivity index (χ2n) is 4.34. The van der Waals surface area contributed by atoms with Crippen molar-refractivity contribution in [2.24, 2.45) is 0 Å². The first-order valence-corrected chi connectivity index (χ1v) is 6.91. The fraction of sp³-hybridized carbons (Fsp3) is 0.500. The van der Waals surface area contributed by atoms with Crippen molar-refractivity contribution in [3.8, 4) is 23.8 Å². The normalized spacial score (nSPS) is 11.7. The van der Waals surface area contributed by atoms with Gasteiger partial charge in [-0.3, -0.25) is 0 Å². The fourth-order valence-electron chi connectivity index (χ4n) is 1.84. The summed E-state index contributed by atoms with van der Waals surface area (Å²) < 4.78 is 11.2. The molecule has 1 atom stereocenters. The molecule has 0 spiro atoms. The van der Waals surface area contributed by atoms with Gasteiger partial charge in [0.15, 0.2) is 11.5 Å². The first-order chi connectivity index (χ1) is 9.76. The van der Waals surface area contributed by atoms with Crippen molar-refractivity contribution >= 4 is 0 Å². The molecule has 0 saturated heterocycles. The standard InChI is InChI=1S/C16H23NO3/c1-4-10-20-16-13(11-17-14(5-2)12-18)8-7-9-15(16)19-6-3/h1,7-9,14,17-18H,5-6,10-12H2,2-3H3. The second kappa shape index (κ2) is 9.24. The summed E-state index contributed by atoms with van der Waals surface area (Å²) in [7, 11) is 0. The van der Waals surface area contributed by atoms with Crippen LogP contribution >= 0.6 is 0 Å². The van der Waals surface area contributed by atoms with Crippen molar-refractivity contribution in [3.05, 3.63) is 23.8 Å². The molecule has 0 heterocycles. The van der Waals surface area contributed by atoms with Crippen LogP contribution in [0.25, 0.3) is 0 Å². The number of rotatable bonds is 9. The Kier molecular flexibility index (Phi) is 7.56. The van der Waals surface area contributed by atoms with Gasteiger partial charge in [-0.25, -0.2) is 0 Å². The zero-order valence-electron chi connectivity index (χ0n) is 12.2. The molecule has 0 aromatic heterocycles. The van der Waals surface area contributed by atoms with Crippen LogP contribution in [0.4, 0.5) is 0 Å². The number of ether oxygens (including phenoxy) is 2. The zero-order valence-corrected chi connectivity index (χ0v) is 12.2. The van der Waals surface area contributed by atoms with E-state index >= 15 is 0 Å². The number of para-hydroxylation sites is 1. The van der Waals surface area contributed by atoms with E-state index in [1.807, 2.05) is 32.0 Å². The van der Waals surface area contributed by atoms with Gasteiger partial charge in [-0.05, 0) is 19.4 Å². The quantitative estimate of drug-likeness (QED) is 0.678. The predicted molar refractivity (Wildman–Crippen MR) is 79.9 cm³/mol. The molecule has 0 aliphatic rings. The van der Waals surface area contributed by atoms with E-state index in [2.05, 4.69) is 11.2 Å². The molecule has 1 rings (SSSR count). The zero-order chi connectivity index (χ0) is 14.8. The monoisotopic (exact) mass is 277 g/mol. The maximum Gasteiger partial charge on any atom is 0.167 e. The summed E-state index contributed by atoms with van der Waals surface area (Å²) >= 11 is 0. The summed E-state index contributed by atoms with van der Waals surface area (Å²) in [4.78, 5) is 0. The van der Waals surface area contributed by atoms with E-state index in [0.29, 0.717) is 24.7 Å². The minimum atomic E-state index is 0.0752. The van der Waals surface area contributed by atoms with Gasteiger partial charge in [0.2, 0.25) is 0 Å². The van der Waals surface area contributed by atoms with Gasteiger partial charge < -0.3 is 19.9 Å². The molecule has 0 aliphatic carbocycles. The Balaban J connectivity index is 2.87. The highest BCUT2D eigenvalue weighted by atomic mass is 16.5. The van der Waals surface area contributed by atoms with Crippen LogP contribution in [0.15, 0.2) is 18.2 Å². The molecular formula is C16H23NO3. The number of hydrogen-bond donors (Lipinski definition) is 2. The minimum absolute atomic E-state index is 0.0752. The van der Waals surface area contributed by atoms with Gasteiger partial charge in [0, 0.05) is 18.2 Å². The molecular weight excluding hydrogens is 254 g/mol. The highest BCUT2D eigenvalue weighted by molar-refractivity contribution is 5.46. The predicted octanol–water partition coefficient (Wildman–Crippen LogP) is 1.96. The molecule has 0 saturated carbocycles. The van der Waals surface area contributed by atoms with Crippen molar-refractivity contribution in [1.29, 1.82) is 0 Å². The van der Waals surface area contributed by atoms with Gasteiger partial charge in [-0.15, -0.1) is 6.42 Å². The lowest BCUT2D eigenvalue weighted by Crippen LogP contribution is -2.31. The molecule has 20 heavy (non-hydrogen) atoms. The molecule has 4 nitrogen and oxygen atoms in total. The number of aliphatic hydroxyl groups excluding tert-OH is 1. The van der Waals surface area contributed by atoms with Crippen LogP contribution in [-0.2, 0) is 6.54 Å². The molecule has 0 fully saturated rings. The van der Waals surface area contributed by atoms with Crippen molar-refractivity contribution in [2.45, 2.75) is 32.9 Å². The van der Waals surface area contributed by atoms with Crippen LogP contribution in [0.1, 0.15) is 25.8 Å². The largest absolute Gasteiger partial charge is 0.490 e. The molecule has 1 unspecified atom stereocenters. The van der Waals surface area contributed by atoms with E-state index in [1.54, 1.807) is 0 Å². The van der Waals surface area contributed by atoms with E-state index < -0.39 is 0 Å². The lowest BCUT2D eigenvalue weighted by atomic mass is 10.1. The highest BCUT2D eigenvalue weighted by Gasteiger charge is 2.12. The first-order valence-electron chi connectivity index (χ1n) is 6.91. The Bertz CT molecular complexity index is 436. The van der Waals surface area contributed by atoms with E-state index in [1.165, 1.54) is 0 Å². The van der Waals surface area contributed by atoms with Crippen LogP contribution in [-0.4, -0.2) is 31.0 Å². The van der Waals surface area contributed by atoms with Gasteiger partial charge in [-0.1, -0.05) is 25.0 Å². The smallest absolute Gasteiger partial charge is 0.167 e. The van der Waals surface area contributed by atoms with Gasteiger partial charge in [0.25, 0.3) is 0 Å². The Morgan fingerprint density at radius 3 is 2.75 bits per heavy atom. The summed E-state index contributed by atoms with van der Waals surface area (Å²) in [5.74, 6) is 3.83. The van der Waals surface area contributed by atoms with Gasteiger partial charge in [0.05, 0.1) is 13.2 Å². The fourth-order valence-corrected chi connectivity index (χ4v) is 1.84. The number of terminal acetylenes is 1. The lowest BCUT2D eigenvalue weighted by Gasteiger charge is -2.18. The van der Waals surface area contributed by atoms with Crippen LogP contribution in [0.3, 0.4) is 0 Å². The molecule has 4 heteroatoms. The van der Waals surface area contributed by atoms with Crippen molar-refractivity contribution in [3.63, 3.8) is 0 Å². The van der Waals surface area contributed by atoms with E-state index in [0.717, 1.165) is 12.0 Å². The first kappa shape index (κ1) is 16.4. The number of nitrogens with one attached hydrogen (secondary N) is 1. The molecule has 110 valence electrons. The maximum absolute atomic E-state index is 9.21. The van der Waals surface area contributed by atoms with Crippen LogP contribution in [0.5, 0.6) is 11.5 Å². The Labute approximate surface area is 121 Å². The molecule has 1 aromatic carbocycles. The third kappa shape index (κ3) is 4.76. The number of benzene rings is 1. The van der Waals surface area contributed by atoms with Gasteiger partial charge >= 0.3 is 0 Å². The van der Waals surface area contributed by atoms with Crippen LogP contribution in [0.2, 0.25) is 0 Å². The maximum atomic E-state index is 9.21. The average Bonchev–Trinajstić information content (AvgIpc) is 2.47. The third-order valence-electron chi connectivity index (χ3n) is 2.95. The van der Waals surface area contributed by atoms with Crippen molar-refractivity contribution in [2.75, 3.05) is 19.8 Å². The number of aliphatic hydroxyl groups is 1.